The molecule has 32 heavy (non-hydrogen) atoms. The number of methoxy groups -OCH3 is 1. The summed E-state index contributed by atoms with van der Waals surface area (Å²) in [4.78, 5) is 39.5. The first-order valence-electron chi connectivity index (χ1n) is 11.0. The van der Waals surface area contributed by atoms with Gasteiger partial charge in [0.05, 0.1) is 17.9 Å². The SMILES string of the molecule is COC(=O)c1c(NC(=O)C(C)Sc2cccc(NC(=O)C3CC3)c2)sc2c1CCC(C)C2. The molecule has 1 fully saturated rings. The summed E-state index contributed by atoms with van der Waals surface area (Å²) in [6.45, 7) is 4.04. The van der Waals surface area contributed by atoms with Crippen LogP contribution in [0.1, 0.15) is 53.9 Å². The highest BCUT2D eigenvalue weighted by Crippen LogP contribution is 2.40. The summed E-state index contributed by atoms with van der Waals surface area (Å²) in [6.07, 6.45) is 4.69. The average molecular weight is 473 g/mol. The number of rotatable bonds is 7. The lowest BCUT2D eigenvalue weighted by atomic mass is 9.88. The molecule has 0 bridgehead atoms. The number of anilines is 2. The number of hydrogen-bond acceptors (Lipinski definition) is 6. The molecule has 0 radical (unpaired) electrons. The normalized spacial score (nSPS) is 18.4. The average Bonchev–Trinajstić information content (AvgIpc) is 3.55. The van der Waals surface area contributed by atoms with Gasteiger partial charge in [0.1, 0.15) is 5.00 Å². The first-order valence-corrected chi connectivity index (χ1v) is 12.7. The molecule has 2 unspecified atom stereocenters. The Bertz CT molecular complexity index is 1040. The van der Waals surface area contributed by atoms with Crippen LogP contribution >= 0.6 is 23.1 Å². The molecule has 2 amide bonds. The Kier molecular flexibility index (Phi) is 6.90. The molecule has 0 saturated heterocycles. The fraction of sp³-hybridized carbons (Fsp3) is 0.458. The van der Waals surface area contributed by atoms with Crippen LogP contribution in [-0.2, 0) is 27.2 Å². The Hall–Kier alpha value is -2.32. The third-order valence-corrected chi connectivity index (χ3v) is 8.13. The number of amides is 2. The van der Waals surface area contributed by atoms with E-state index in [1.165, 1.54) is 35.1 Å². The standard InChI is InChI=1S/C24H28N2O4S2/c1-13-7-10-18-19(11-13)32-23(20(18)24(29)30-3)26-21(27)14(2)31-17-6-4-5-16(12-17)25-22(28)15-8-9-15/h4-6,12-15H,7-11H2,1-3H3,(H,25,28)(H,26,27). The van der Waals surface area contributed by atoms with Gasteiger partial charge in [0.15, 0.2) is 0 Å². The van der Waals surface area contributed by atoms with E-state index in [0.29, 0.717) is 16.5 Å². The van der Waals surface area contributed by atoms with Crippen molar-refractivity contribution in [1.29, 1.82) is 0 Å². The van der Waals surface area contributed by atoms with Gasteiger partial charge in [-0.05, 0) is 68.7 Å². The van der Waals surface area contributed by atoms with E-state index in [1.807, 2.05) is 31.2 Å². The van der Waals surface area contributed by atoms with Crippen LogP contribution in [0.5, 0.6) is 0 Å². The van der Waals surface area contributed by atoms with Crippen LogP contribution in [0.2, 0.25) is 0 Å². The highest BCUT2D eigenvalue weighted by Gasteiger charge is 2.30. The molecule has 2 N–H and O–H groups in total. The maximum Gasteiger partial charge on any atom is 0.341 e. The second kappa shape index (κ2) is 9.67. The van der Waals surface area contributed by atoms with Gasteiger partial charge >= 0.3 is 5.97 Å². The first-order chi connectivity index (χ1) is 15.4. The molecule has 2 atom stereocenters. The molecular weight excluding hydrogens is 444 g/mol. The zero-order valence-corrected chi connectivity index (χ0v) is 20.2. The van der Waals surface area contributed by atoms with Crippen LogP contribution in [0.15, 0.2) is 29.2 Å². The molecule has 1 saturated carbocycles. The number of thioether (sulfide) groups is 1. The lowest BCUT2D eigenvalue weighted by molar-refractivity contribution is -0.117. The first kappa shape index (κ1) is 22.9. The summed E-state index contributed by atoms with van der Waals surface area (Å²) in [5, 5.41) is 6.12. The zero-order chi connectivity index (χ0) is 22.8. The number of carbonyl (C=O) groups excluding carboxylic acids is 3. The molecule has 2 aliphatic carbocycles. The predicted molar refractivity (Wildman–Crippen MR) is 129 cm³/mol. The number of benzene rings is 1. The second-order valence-corrected chi connectivity index (χ2v) is 11.1. The number of nitrogens with one attached hydrogen (secondary N) is 2. The minimum atomic E-state index is -0.397. The fourth-order valence-electron chi connectivity index (χ4n) is 3.87. The summed E-state index contributed by atoms with van der Waals surface area (Å²) in [5.41, 5.74) is 2.27. The van der Waals surface area contributed by atoms with Crippen molar-refractivity contribution in [3.05, 3.63) is 40.3 Å². The van der Waals surface area contributed by atoms with Crippen molar-refractivity contribution in [3.8, 4) is 0 Å². The Balaban J connectivity index is 1.45. The summed E-state index contributed by atoms with van der Waals surface area (Å²) in [7, 11) is 1.37. The van der Waals surface area contributed by atoms with Crippen molar-refractivity contribution in [3.63, 3.8) is 0 Å². The van der Waals surface area contributed by atoms with Crippen molar-refractivity contribution >= 4 is 51.6 Å². The van der Waals surface area contributed by atoms with Gasteiger partial charge in [-0.25, -0.2) is 4.79 Å². The molecule has 2 aliphatic rings. The van der Waals surface area contributed by atoms with E-state index >= 15 is 0 Å². The van der Waals surface area contributed by atoms with Gasteiger partial charge < -0.3 is 15.4 Å². The molecule has 6 nitrogen and oxygen atoms in total. The van der Waals surface area contributed by atoms with Gasteiger partial charge in [-0.3, -0.25) is 9.59 Å². The Morgan fingerprint density at radius 2 is 1.97 bits per heavy atom. The van der Waals surface area contributed by atoms with Gasteiger partial charge in [-0.2, -0.15) is 0 Å². The van der Waals surface area contributed by atoms with Gasteiger partial charge in [0.2, 0.25) is 11.8 Å². The van der Waals surface area contributed by atoms with Crippen molar-refractivity contribution in [2.24, 2.45) is 11.8 Å². The fourth-order valence-corrected chi connectivity index (χ4v) is 6.19. The second-order valence-electron chi connectivity index (χ2n) is 8.59. The number of hydrogen-bond donors (Lipinski definition) is 2. The molecule has 8 heteroatoms. The summed E-state index contributed by atoms with van der Waals surface area (Å²) < 4.78 is 5.01. The maximum absolute atomic E-state index is 13.0. The summed E-state index contributed by atoms with van der Waals surface area (Å²) in [5.74, 6) is 0.201. The van der Waals surface area contributed by atoms with E-state index in [9.17, 15) is 14.4 Å². The Morgan fingerprint density at radius 1 is 1.19 bits per heavy atom. The third kappa shape index (κ3) is 5.18. The highest BCUT2D eigenvalue weighted by molar-refractivity contribution is 8.00. The van der Waals surface area contributed by atoms with Crippen molar-refractivity contribution in [1.82, 2.24) is 0 Å². The molecule has 0 aliphatic heterocycles. The quantitative estimate of drug-likeness (QED) is 0.431. The molecular formula is C24H28N2O4S2. The van der Waals surface area contributed by atoms with Gasteiger partial charge in [0, 0.05) is 21.4 Å². The van der Waals surface area contributed by atoms with Crippen molar-refractivity contribution < 1.29 is 19.1 Å². The van der Waals surface area contributed by atoms with E-state index in [2.05, 4.69) is 17.6 Å². The Labute approximate surface area is 196 Å². The number of thiophene rings is 1. The van der Waals surface area contributed by atoms with Crippen LogP contribution in [0.25, 0.3) is 0 Å². The summed E-state index contributed by atoms with van der Waals surface area (Å²) >= 11 is 2.91. The van der Waals surface area contributed by atoms with E-state index in [4.69, 9.17) is 4.74 Å². The zero-order valence-electron chi connectivity index (χ0n) is 18.5. The molecule has 4 rings (SSSR count). The third-order valence-electron chi connectivity index (χ3n) is 5.87. The lowest BCUT2D eigenvalue weighted by Gasteiger charge is -2.18. The van der Waals surface area contributed by atoms with Crippen LogP contribution in [0, 0.1) is 11.8 Å². The molecule has 170 valence electrons. The summed E-state index contributed by atoms with van der Waals surface area (Å²) in [6, 6.07) is 7.54. The predicted octanol–water partition coefficient (Wildman–Crippen LogP) is 5.13. The number of ether oxygens (including phenoxy) is 1. The smallest absolute Gasteiger partial charge is 0.341 e. The van der Waals surface area contributed by atoms with Crippen LogP contribution in [0.3, 0.4) is 0 Å². The number of carbonyl (C=O) groups is 3. The van der Waals surface area contributed by atoms with Gasteiger partial charge in [0.25, 0.3) is 0 Å². The van der Waals surface area contributed by atoms with Crippen LogP contribution in [0.4, 0.5) is 10.7 Å². The van der Waals surface area contributed by atoms with Crippen LogP contribution < -0.4 is 10.6 Å². The highest BCUT2D eigenvalue weighted by atomic mass is 32.2. The monoisotopic (exact) mass is 472 g/mol. The maximum atomic E-state index is 13.0. The van der Waals surface area contributed by atoms with E-state index in [0.717, 1.165) is 48.3 Å². The van der Waals surface area contributed by atoms with Crippen molar-refractivity contribution in [2.45, 2.75) is 56.1 Å². The van der Waals surface area contributed by atoms with Gasteiger partial charge in [-0.15, -0.1) is 23.1 Å². The van der Waals surface area contributed by atoms with E-state index in [1.54, 1.807) is 0 Å². The molecule has 1 aromatic heterocycles. The molecule has 1 aromatic carbocycles. The minimum absolute atomic E-state index is 0.0595. The van der Waals surface area contributed by atoms with Gasteiger partial charge in [-0.1, -0.05) is 13.0 Å². The largest absolute Gasteiger partial charge is 0.465 e. The molecule has 0 spiro atoms. The minimum Gasteiger partial charge on any atom is -0.465 e. The van der Waals surface area contributed by atoms with Crippen LogP contribution in [-0.4, -0.2) is 30.1 Å². The van der Waals surface area contributed by atoms with Crippen molar-refractivity contribution in [2.75, 3.05) is 17.7 Å². The number of fused-ring (bicyclic) bond motifs is 1. The van der Waals surface area contributed by atoms with E-state index < -0.39 is 5.97 Å². The topological polar surface area (TPSA) is 84.5 Å². The van der Waals surface area contributed by atoms with E-state index in [-0.39, 0.29) is 23.0 Å². The number of esters is 1. The molecule has 2 aromatic rings. The molecule has 1 heterocycles. The Morgan fingerprint density at radius 3 is 2.69 bits per heavy atom. The lowest BCUT2D eigenvalue weighted by Crippen LogP contribution is -2.23.